The average Bonchev–Trinajstić information content (AvgIpc) is 2.81. The average molecular weight is 218 g/mol. The lowest BCUT2D eigenvalue weighted by Gasteiger charge is -2.05. The summed E-state index contributed by atoms with van der Waals surface area (Å²) in [7, 11) is 1.57. The molecule has 0 N–H and O–H groups in total. The van der Waals surface area contributed by atoms with Crippen molar-refractivity contribution in [2.24, 2.45) is 0 Å². The van der Waals surface area contributed by atoms with Gasteiger partial charge in [0, 0.05) is 0 Å². The first-order chi connectivity index (χ1) is 7.33. The van der Waals surface area contributed by atoms with Crippen LogP contribution in [0.25, 0.3) is 0 Å². The summed E-state index contributed by atoms with van der Waals surface area (Å²) in [6.45, 7) is 0. The Morgan fingerprint density at radius 3 is 2.67 bits per heavy atom. The number of methoxy groups -OCH3 is 1. The lowest BCUT2D eigenvalue weighted by molar-refractivity contribution is 0.103. The molecule has 0 spiro atoms. The predicted octanol–water partition coefficient (Wildman–Crippen LogP) is 2.99. The highest BCUT2D eigenvalue weighted by molar-refractivity contribution is 7.12. The molecule has 0 unspecified atom stereocenters. The normalized spacial score (nSPS) is 9.93. The fourth-order valence-corrected chi connectivity index (χ4v) is 2.05. The van der Waals surface area contributed by atoms with Crippen LogP contribution in [0.5, 0.6) is 5.75 Å². The molecule has 0 aliphatic heterocycles. The van der Waals surface area contributed by atoms with Crippen LogP contribution in [0.15, 0.2) is 41.8 Å². The molecule has 0 atom stereocenters. The van der Waals surface area contributed by atoms with Crippen molar-refractivity contribution in [3.8, 4) is 5.75 Å². The third-order valence-corrected chi connectivity index (χ3v) is 2.97. The summed E-state index contributed by atoms with van der Waals surface area (Å²) >= 11 is 1.44. The predicted molar refractivity (Wildman–Crippen MR) is 60.7 cm³/mol. The smallest absolute Gasteiger partial charge is 0.206 e. The number of rotatable bonds is 3. The van der Waals surface area contributed by atoms with Crippen molar-refractivity contribution in [3.05, 3.63) is 52.2 Å². The van der Waals surface area contributed by atoms with Crippen molar-refractivity contribution in [2.45, 2.75) is 0 Å². The van der Waals surface area contributed by atoms with Gasteiger partial charge in [-0.05, 0) is 23.6 Å². The molecule has 1 aromatic carbocycles. The van der Waals surface area contributed by atoms with Crippen LogP contribution < -0.4 is 4.74 Å². The summed E-state index contributed by atoms with van der Waals surface area (Å²) in [6, 6.07) is 10.9. The van der Waals surface area contributed by atoms with Crippen LogP contribution >= 0.6 is 11.3 Å². The van der Waals surface area contributed by atoms with Crippen LogP contribution in [-0.2, 0) is 0 Å². The van der Waals surface area contributed by atoms with E-state index in [2.05, 4.69) is 0 Å². The zero-order valence-electron chi connectivity index (χ0n) is 8.27. The molecule has 76 valence electrons. The maximum absolute atomic E-state index is 12.0. The summed E-state index contributed by atoms with van der Waals surface area (Å²) in [5.74, 6) is 0.637. The van der Waals surface area contributed by atoms with Gasteiger partial charge in [-0.3, -0.25) is 4.79 Å². The molecule has 0 radical (unpaired) electrons. The van der Waals surface area contributed by atoms with Gasteiger partial charge in [-0.2, -0.15) is 0 Å². The molecule has 0 fully saturated rings. The van der Waals surface area contributed by atoms with Crippen LogP contribution in [0.2, 0.25) is 0 Å². The highest BCUT2D eigenvalue weighted by Crippen LogP contribution is 2.22. The monoisotopic (exact) mass is 218 g/mol. The summed E-state index contributed by atoms with van der Waals surface area (Å²) in [4.78, 5) is 12.8. The van der Waals surface area contributed by atoms with Crippen LogP contribution in [0.1, 0.15) is 15.2 Å². The van der Waals surface area contributed by atoms with Gasteiger partial charge in [-0.25, -0.2) is 0 Å². The lowest BCUT2D eigenvalue weighted by Crippen LogP contribution is -2.01. The second kappa shape index (κ2) is 4.28. The minimum absolute atomic E-state index is 0.0162. The molecule has 0 saturated heterocycles. The molecule has 0 aliphatic rings. The highest BCUT2D eigenvalue weighted by atomic mass is 32.1. The van der Waals surface area contributed by atoms with Gasteiger partial charge in [-0.15, -0.1) is 11.3 Å². The molecule has 15 heavy (non-hydrogen) atoms. The number of hydrogen-bond acceptors (Lipinski definition) is 3. The van der Waals surface area contributed by atoms with E-state index in [9.17, 15) is 4.79 Å². The van der Waals surface area contributed by atoms with Gasteiger partial charge in [0.05, 0.1) is 17.6 Å². The lowest BCUT2D eigenvalue weighted by atomic mass is 10.1. The van der Waals surface area contributed by atoms with E-state index in [-0.39, 0.29) is 5.78 Å². The minimum Gasteiger partial charge on any atom is -0.496 e. The number of carbonyl (C=O) groups excluding carboxylic acids is 1. The Labute approximate surface area is 92.1 Å². The zero-order valence-corrected chi connectivity index (χ0v) is 9.08. The van der Waals surface area contributed by atoms with Crippen molar-refractivity contribution >= 4 is 17.1 Å². The molecule has 2 nitrogen and oxygen atoms in total. The standard InChI is InChI=1S/C12H10O2S/c1-14-10-6-3-2-5-9(10)12(13)11-7-4-8-15-11/h2-8H,1H3. The molecule has 2 rings (SSSR count). The van der Waals surface area contributed by atoms with Crippen molar-refractivity contribution in [3.63, 3.8) is 0 Å². The van der Waals surface area contributed by atoms with E-state index >= 15 is 0 Å². The maximum atomic E-state index is 12.0. The highest BCUT2D eigenvalue weighted by Gasteiger charge is 2.13. The van der Waals surface area contributed by atoms with Gasteiger partial charge in [0.1, 0.15) is 5.75 Å². The van der Waals surface area contributed by atoms with Crippen LogP contribution in [0.3, 0.4) is 0 Å². The van der Waals surface area contributed by atoms with E-state index in [1.807, 2.05) is 29.6 Å². The largest absolute Gasteiger partial charge is 0.496 e. The molecule has 1 heterocycles. The number of benzene rings is 1. The summed E-state index contributed by atoms with van der Waals surface area (Å²) in [6.07, 6.45) is 0. The molecule has 0 aliphatic carbocycles. The minimum atomic E-state index is 0.0162. The first-order valence-corrected chi connectivity index (χ1v) is 5.42. The summed E-state index contributed by atoms with van der Waals surface area (Å²) < 4.78 is 5.15. The fourth-order valence-electron chi connectivity index (χ4n) is 1.37. The van der Waals surface area contributed by atoms with E-state index in [1.54, 1.807) is 19.2 Å². The number of hydrogen-bond donors (Lipinski definition) is 0. The number of ether oxygens (including phenoxy) is 1. The Kier molecular flexibility index (Phi) is 2.83. The van der Waals surface area contributed by atoms with Gasteiger partial charge in [0.25, 0.3) is 0 Å². The van der Waals surface area contributed by atoms with Gasteiger partial charge < -0.3 is 4.74 Å². The molecule has 3 heteroatoms. The fraction of sp³-hybridized carbons (Fsp3) is 0.0833. The van der Waals surface area contributed by atoms with E-state index in [1.165, 1.54) is 11.3 Å². The first-order valence-electron chi connectivity index (χ1n) is 4.54. The molecule has 0 amide bonds. The molecular weight excluding hydrogens is 208 g/mol. The number of carbonyl (C=O) groups is 1. The van der Waals surface area contributed by atoms with Gasteiger partial charge in [0.15, 0.2) is 0 Å². The zero-order chi connectivity index (χ0) is 10.7. The molecule has 0 bridgehead atoms. The van der Waals surface area contributed by atoms with Crippen molar-refractivity contribution in [1.82, 2.24) is 0 Å². The van der Waals surface area contributed by atoms with Crippen molar-refractivity contribution in [2.75, 3.05) is 7.11 Å². The third-order valence-electron chi connectivity index (χ3n) is 2.10. The maximum Gasteiger partial charge on any atom is 0.206 e. The van der Waals surface area contributed by atoms with E-state index in [0.29, 0.717) is 11.3 Å². The second-order valence-corrected chi connectivity index (χ2v) is 3.95. The molecule has 0 saturated carbocycles. The Hall–Kier alpha value is -1.61. The number of thiophene rings is 1. The number of para-hydroxylation sites is 1. The summed E-state index contributed by atoms with van der Waals surface area (Å²) in [5, 5.41) is 1.89. The van der Waals surface area contributed by atoms with Crippen LogP contribution in [-0.4, -0.2) is 12.9 Å². The Morgan fingerprint density at radius 1 is 1.20 bits per heavy atom. The topological polar surface area (TPSA) is 26.3 Å². The quantitative estimate of drug-likeness (QED) is 0.740. The molecular formula is C12H10O2S. The molecule has 2 aromatic rings. The van der Waals surface area contributed by atoms with Crippen LogP contribution in [0.4, 0.5) is 0 Å². The van der Waals surface area contributed by atoms with Gasteiger partial charge in [-0.1, -0.05) is 18.2 Å². The Morgan fingerprint density at radius 2 is 2.00 bits per heavy atom. The Balaban J connectivity index is 2.42. The third kappa shape index (κ3) is 1.92. The van der Waals surface area contributed by atoms with Gasteiger partial charge >= 0.3 is 0 Å². The second-order valence-electron chi connectivity index (χ2n) is 3.01. The Bertz CT molecular complexity index is 460. The SMILES string of the molecule is COc1ccccc1C(=O)c1cccs1. The van der Waals surface area contributed by atoms with E-state index < -0.39 is 0 Å². The van der Waals surface area contributed by atoms with Crippen molar-refractivity contribution < 1.29 is 9.53 Å². The van der Waals surface area contributed by atoms with E-state index in [4.69, 9.17) is 4.74 Å². The van der Waals surface area contributed by atoms with Gasteiger partial charge in [0.2, 0.25) is 5.78 Å². The van der Waals surface area contributed by atoms with E-state index in [0.717, 1.165) is 4.88 Å². The van der Waals surface area contributed by atoms with Crippen molar-refractivity contribution in [1.29, 1.82) is 0 Å². The number of ketones is 1. The van der Waals surface area contributed by atoms with Crippen LogP contribution in [0, 0.1) is 0 Å². The molecule has 1 aromatic heterocycles. The first kappa shape index (κ1) is 9.93. The summed E-state index contributed by atoms with van der Waals surface area (Å²) in [5.41, 5.74) is 0.613.